The van der Waals surface area contributed by atoms with E-state index in [-0.39, 0.29) is 22.1 Å². The van der Waals surface area contributed by atoms with E-state index in [1.54, 1.807) is 0 Å². The molecule has 0 spiro atoms. The summed E-state index contributed by atoms with van der Waals surface area (Å²) in [6.07, 6.45) is 1.26. The van der Waals surface area contributed by atoms with E-state index >= 15 is 0 Å². The molecule has 1 rings (SSSR count). The molecule has 0 amide bonds. The minimum absolute atomic E-state index is 0.116. The fourth-order valence-electron chi connectivity index (χ4n) is 1.16. The van der Waals surface area contributed by atoms with Crippen LogP contribution in [0.15, 0.2) is 17.4 Å². The third kappa shape index (κ3) is 2.85. The first-order valence-electron chi connectivity index (χ1n) is 4.63. The molecule has 0 aliphatic heterocycles. The average Bonchev–Trinajstić information content (AvgIpc) is 2.28. The van der Waals surface area contributed by atoms with Crippen LogP contribution in [0.4, 0.5) is 4.39 Å². The Hall–Kier alpha value is -1.82. The minimum Gasteiger partial charge on any atom is -0.312 e. The monoisotopic (exact) mass is 256 g/mol. The van der Waals surface area contributed by atoms with E-state index in [0.29, 0.717) is 0 Å². The summed E-state index contributed by atoms with van der Waals surface area (Å²) < 4.78 is 13.6. The number of carbonyl (C=O) groups is 1. The van der Waals surface area contributed by atoms with E-state index < -0.39 is 11.6 Å². The highest BCUT2D eigenvalue weighted by atomic mass is 35.5. The molecule has 1 heterocycles. The molecule has 0 saturated carbocycles. The second-order valence-corrected chi connectivity index (χ2v) is 3.44. The highest BCUT2D eigenvalue weighted by Crippen LogP contribution is 2.16. The zero-order chi connectivity index (χ0) is 13.0. The van der Waals surface area contributed by atoms with E-state index in [2.05, 4.69) is 15.5 Å². The number of nitrogens with zero attached hydrogens (tertiary/aromatic N) is 2. The Morgan fingerprint density at radius 3 is 2.82 bits per heavy atom. The number of ketones is 1. The molecule has 0 aromatic carbocycles. The lowest BCUT2D eigenvalue weighted by Gasteiger charge is -2.06. The molecule has 0 radical (unpaired) electrons. The van der Waals surface area contributed by atoms with E-state index in [1.165, 1.54) is 26.2 Å². The fourth-order valence-corrected chi connectivity index (χ4v) is 1.32. The topological polar surface area (TPSA) is 78.2 Å². The number of pyridine rings is 1. The summed E-state index contributed by atoms with van der Waals surface area (Å²) in [4.78, 5) is 14.8. The van der Waals surface area contributed by atoms with Crippen LogP contribution < -0.4 is 5.43 Å². The van der Waals surface area contributed by atoms with Gasteiger partial charge in [-0.2, -0.15) is 5.10 Å². The van der Waals surface area contributed by atoms with Gasteiger partial charge in [-0.1, -0.05) is 11.6 Å². The van der Waals surface area contributed by atoms with Crippen LogP contribution in [-0.2, 0) is 4.79 Å². The van der Waals surface area contributed by atoms with Crippen molar-refractivity contribution < 1.29 is 9.18 Å². The number of hydrazone groups is 1. The average molecular weight is 257 g/mol. The summed E-state index contributed by atoms with van der Waals surface area (Å²) in [5.74, 6) is -1.29. The van der Waals surface area contributed by atoms with Crippen LogP contribution in [0.2, 0.25) is 5.15 Å². The third-order valence-corrected chi connectivity index (χ3v) is 2.17. The normalized spacial score (nSPS) is 11.2. The van der Waals surface area contributed by atoms with Gasteiger partial charge >= 0.3 is 0 Å². The molecule has 17 heavy (non-hydrogen) atoms. The second-order valence-electron chi connectivity index (χ2n) is 3.08. The van der Waals surface area contributed by atoms with Gasteiger partial charge in [0.1, 0.15) is 0 Å². The first-order chi connectivity index (χ1) is 7.99. The van der Waals surface area contributed by atoms with E-state index in [1.807, 2.05) is 0 Å². The predicted molar refractivity (Wildman–Crippen MR) is 63.2 cm³/mol. The first kappa shape index (κ1) is 13.2. The molecule has 0 saturated heterocycles. The summed E-state index contributed by atoms with van der Waals surface area (Å²) in [7, 11) is 1.48. The van der Waals surface area contributed by atoms with Crippen molar-refractivity contribution in [2.45, 2.75) is 6.92 Å². The maximum Gasteiger partial charge on any atom is 0.182 e. The lowest BCUT2D eigenvalue weighted by molar-refractivity contribution is -0.110. The SMILES string of the molecule is CN/N=C(\C(=N)c1ccnc(Cl)c1F)C(C)=O. The van der Waals surface area contributed by atoms with Gasteiger partial charge < -0.3 is 5.43 Å². The van der Waals surface area contributed by atoms with Crippen molar-refractivity contribution in [1.82, 2.24) is 10.4 Å². The lowest BCUT2D eigenvalue weighted by Crippen LogP contribution is -2.25. The minimum atomic E-state index is -0.843. The van der Waals surface area contributed by atoms with E-state index in [4.69, 9.17) is 17.0 Å². The standard InChI is InChI=1S/C10H10ClFN4O/c1-5(17)9(16-14-2)8(13)6-3-4-15-10(11)7(6)12/h3-4,13-14H,1-2H3/b13-8?,16-9-. The van der Waals surface area contributed by atoms with Crippen LogP contribution in [-0.4, -0.2) is 29.2 Å². The van der Waals surface area contributed by atoms with Gasteiger partial charge in [-0.05, 0) is 6.07 Å². The van der Waals surface area contributed by atoms with Crippen LogP contribution in [0.5, 0.6) is 0 Å². The Morgan fingerprint density at radius 2 is 2.29 bits per heavy atom. The Kier molecular flexibility index (Phi) is 4.28. The largest absolute Gasteiger partial charge is 0.312 e. The van der Waals surface area contributed by atoms with Crippen molar-refractivity contribution in [3.8, 4) is 0 Å². The molecule has 0 aliphatic carbocycles. The molecule has 0 aliphatic rings. The number of halogens is 2. The van der Waals surface area contributed by atoms with Gasteiger partial charge in [-0.3, -0.25) is 10.2 Å². The second kappa shape index (κ2) is 5.49. The van der Waals surface area contributed by atoms with Crippen LogP contribution in [0.1, 0.15) is 12.5 Å². The van der Waals surface area contributed by atoms with Gasteiger partial charge in [0.25, 0.3) is 0 Å². The smallest absolute Gasteiger partial charge is 0.182 e. The van der Waals surface area contributed by atoms with E-state index in [9.17, 15) is 9.18 Å². The van der Waals surface area contributed by atoms with Gasteiger partial charge in [0.2, 0.25) is 0 Å². The molecule has 7 heteroatoms. The summed E-state index contributed by atoms with van der Waals surface area (Å²) in [5, 5.41) is 11.0. The van der Waals surface area contributed by atoms with E-state index in [0.717, 1.165) is 0 Å². The zero-order valence-corrected chi connectivity index (χ0v) is 9.97. The fraction of sp³-hybridized carbons (Fsp3) is 0.200. The zero-order valence-electron chi connectivity index (χ0n) is 9.21. The van der Waals surface area contributed by atoms with Crippen molar-refractivity contribution in [2.75, 3.05) is 7.05 Å². The lowest BCUT2D eigenvalue weighted by atomic mass is 10.0. The highest BCUT2D eigenvalue weighted by Gasteiger charge is 2.19. The molecule has 0 atom stereocenters. The molecule has 1 aromatic rings. The summed E-state index contributed by atoms with van der Waals surface area (Å²) in [5.41, 5.74) is 1.76. The Morgan fingerprint density at radius 1 is 1.65 bits per heavy atom. The summed E-state index contributed by atoms with van der Waals surface area (Å²) in [6.45, 7) is 1.24. The van der Waals surface area contributed by atoms with Crippen LogP contribution >= 0.6 is 11.6 Å². The van der Waals surface area contributed by atoms with Crippen LogP contribution in [0.3, 0.4) is 0 Å². The van der Waals surface area contributed by atoms with Crippen LogP contribution in [0, 0.1) is 11.2 Å². The number of hydrogen-bond donors (Lipinski definition) is 2. The highest BCUT2D eigenvalue weighted by molar-refractivity contribution is 6.69. The quantitative estimate of drug-likeness (QED) is 0.486. The number of rotatable bonds is 4. The number of aromatic nitrogens is 1. The Bertz CT molecular complexity index is 501. The number of carbonyl (C=O) groups excluding carboxylic acids is 1. The molecule has 0 fully saturated rings. The van der Waals surface area contributed by atoms with Gasteiger partial charge in [0.05, 0.1) is 5.71 Å². The number of Topliss-reactive ketones (excluding diaryl/α,β-unsaturated/α-hetero) is 1. The van der Waals surface area contributed by atoms with Crippen molar-refractivity contribution in [3.05, 3.63) is 28.8 Å². The molecule has 5 nitrogen and oxygen atoms in total. The molecular formula is C10H10ClFN4O. The van der Waals surface area contributed by atoms with Crippen molar-refractivity contribution >= 4 is 28.8 Å². The van der Waals surface area contributed by atoms with Gasteiger partial charge in [-0.25, -0.2) is 9.37 Å². The molecule has 90 valence electrons. The maximum atomic E-state index is 13.6. The van der Waals surface area contributed by atoms with Gasteiger partial charge in [-0.15, -0.1) is 0 Å². The molecular weight excluding hydrogens is 247 g/mol. The molecule has 0 bridgehead atoms. The third-order valence-electron chi connectivity index (χ3n) is 1.91. The maximum absolute atomic E-state index is 13.6. The van der Waals surface area contributed by atoms with Gasteiger partial charge in [0, 0.05) is 25.7 Å². The van der Waals surface area contributed by atoms with Crippen molar-refractivity contribution in [2.24, 2.45) is 5.10 Å². The summed E-state index contributed by atoms with van der Waals surface area (Å²) in [6, 6.07) is 1.26. The van der Waals surface area contributed by atoms with Gasteiger partial charge in [0.15, 0.2) is 22.5 Å². The molecule has 1 aromatic heterocycles. The number of nitrogens with one attached hydrogen (secondary N) is 2. The summed E-state index contributed by atoms with van der Waals surface area (Å²) >= 11 is 5.50. The molecule has 2 N–H and O–H groups in total. The van der Waals surface area contributed by atoms with Crippen molar-refractivity contribution in [1.29, 1.82) is 5.41 Å². The number of hydrogen-bond acceptors (Lipinski definition) is 5. The van der Waals surface area contributed by atoms with Crippen molar-refractivity contribution in [3.63, 3.8) is 0 Å². The van der Waals surface area contributed by atoms with Crippen LogP contribution in [0.25, 0.3) is 0 Å². The first-order valence-corrected chi connectivity index (χ1v) is 5.01. The Balaban J connectivity index is 3.24. The molecule has 0 unspecified atom stereocenters. The Labute approximate surface area is 102 Å². The predicted octanol–water partition coefficient (Wildman–Crippen LogP) is 1.41.